The Kier molecular flexibility index (Phi) is 4.99. The van der Waals surface area contributed by atoms with Crippen molar-refractivity contribution in [2.24, 2.45) is 0 Å². The van der Waals surface area contributed by atoms with Gasteiger partial charge in [-0.25, -0.2) is 4.39 Å². The first-order chi connectivity index (χ1) is 9.58. The molecule has 0 aromatic heterocycles. The molecule has 0 bridgehead atoms. The number of halogens is 2. The van der Waals surface area contributed by atoms with E-state index in [1.807, 2.05) is 24.3 Å². The molecule has 0 saturated heterocycles. The lowest BCUT2D eigenvalue weighted by Gasteiger charge is -2.21. The van der Waals surface area contributed by atoms with Crippen molar-refractivity contribution in [3.63, 3.8) is 0 Å². The van der Waals surface area contributed by atoms with E-state index in [9.17, 15) is 4.39 Å². The first kappa shape index (κ1) is 14.8. The van der Waals surface area contributed by atoms with Crippen LogP contribution in [0.1, 0.15) is 18.1 Å². The normalized spacial score (nSPS) is 11.0. The standard InChI is InChI=1S/C16H18ClFN2/c1-2-20(10-12-4-3-5-15(19)8-12)11-13-9-14(17)6-7-16(13)18/h3-9H,2,10-11,19H2,1H3. The van der Waals surface area contributed by atoms with Crippen molar-refractivity contribution >= 4 is 17.3 Å². The van der Waals surface area contributed by atoms with Gasteiger partial charge in [-0.05, 0) is 42.4 Å². The number of hydrogen-bond acceptors (Lipinski definition) is 2. The Morgan fingerprint density at radius 1 is 1.15 bits per heavy atom. The van der Waals surface area contributed by atoms with Crippen LogP contribution >= 0.6 is 11.6 Å². The second-order valence-corrected chi connectivity index (χ2v) is 5.22. The molecule has 0 spiro atoms. The molecule has 0 amide bonds. The van der Waals surface area contributed by atoms with Gasteiger partial charge in [-0.2, -0.15) is 0 Å². The molecule has 0 fully saturated rings. The van der Waals surface area contributed by atoms with Gasteiger partial charge in [0.25, 0.3) is 0 Å². The lowest BCUT2D eigenvalue weighted by Crippen LogP contribution is -2.23. The zero-order valence-corrected chi connectivity index (χ0v) is 12.2. The summed E-state index contributed by atoms with van der Waals surface area (Å²) >= 11 is 5.92. The second-order valence-electron chi connectivity index (χ2n) is 4.78. The number of rotatable bonds is 5. The van der Waals surface area contributed by atoms with Crippen LogP contribution in [0.3, 0.4) is 0 Å². The monoisotopic (exact) mass is 292 g/mol. The molecule has 2 aromatic carbocycles. The van der Waals surface area contributed by atoms with Crippen LogP contribution in [0.15, 0.2) is 42.5 Å². The Bertz CT molecular complexity index is 586. The lowest BCUT2D eigenvalue weighted by atomic mass is 10.1. The van der Waals surface area contributed by atoms with E-state index in [2.05, 4.69) is 11.8 Å². The molecule has 20 heavy (non-hydrogen) atoms. The largest absolute Gasteiger partial charge is 0.399 e. The lowest BCUT2D eigenvalue weighted by molar-refractivity contribution is 0.267. The number of benzene rings is 2. The molecular formula is C16H18ClFN2. The molecule has 0 atom stereocenters. The molecule has 106 valence electrons. The molecule has 0 aliphatic rings. The fourth-order valence-electron chi connectivity index (χ4n) is 2.13. The second kappa shape index (κ2) is 6.73. The van der Waals surface area contributed by atoms with Crippen LogP contribution < -0.4 is 5.73 Å². The minimum absolute atomic E-state index is 0.222. The predicted molar refractivity (Wildman–Crippen MR) is 82.1 cm³/mol. The van der Waals surface area contributed by atoms with Crippen LogP contribution in [-0.2, 0) is 13.1 Å². The maximum atomic E-state index is 13.8. The molecular weight excluding hydrogens is 275 g/mol. The van der Waals surface area contributed by atoms with Crippen molar-refractivity contribution in [3.8, 4) is 0 Å². The van der Waals surface area contributed by atoms with Crippen LogP contribution in [0.25, 0.3) is 0 Å². The molecule has 2 N–H and O–H groups in total. The molecule has 2 rings (SSSR count). The van der Waals surface area contributed by atoms with Gasteiger partial charge in [-0.3, -0.25) is 4.90 Å². The van der Waals surface area contributed by atoms with E-state index in [-0.39, 0.29) is 5.82 Å². The van der Waals surface area contributed by atoms with Gasteiger partial charge in [0.15, 0.2) is 0 Å². The Balaban J connectivity index is 2.11. The zero-order chi connectivity index (χ0) is 14.5. The molecule has 0 heterocycles. The minimum atomic E-state index is -0.222. The molecule has 2 aromatic rings. The third kappa shape index (κ3) is 3.95. The highest BCUT2D eigenvalue weighted by Crippen LogP contribution is 2.18. The van der Waals surface area contributed by atoms with Gasteiger partial charge in [0.2, 0.25) is 0 Å². The van der Waals surface area contributed by atoms with Crippen molar-refractivity contribution < 1.29 is 4.39 Å². The van der Waals surface area contributed by atoms with Gasteiger partial charge in [0.05, 0.1) is 0 Å². The van der Waals surface area contributed by atoms with Gasteiger partial charge in [0, 0.05) is 29.4 Å². The van der Waals surface area contributed by atoms with Gasteiger partial charge < -0.3 is 5.73 Å². The molecule has 4 heteroatoms. The van der Waals surface area contributed by atoms with Gasteiger partial charge in [-0.1, -0.05) is 30.7 Å². The Labute approximate surface area is 124 Å². The SMILES string of the molecule is CCN(Cc1cccc(N)c1)Cc1cc(Cl)ccc1F. The zero-order valence-electron chi connectivity index (χ0n) is 11.4. The van der Waals surface area contributed by atoms with Crippen molar-refractivity contribution in [2.45, 2.75) is 20.0 Å². The number of nitrogens with two attached hydrogens (primary N) is 1. The predicted octanol–water partition coefficient (Wildman–Crippen LogP) is 4.08. The average molecular weight is 293 g/mol. The van der Waals surface area contributed by atoms with E-state index in [4.69, 9.17) is 17.3 Å². The Hall–Kier alpha value is -1.58. The van der Waals surface area contributed by atoms with Gasteiger partial charge >= 0.3 is 0 Å². The number of anilines is 1. The van der Waals surface area contributed by atoms with E-state index in [1.165, 1.54) is 6.07 Å². The number of nitrogen functional groups attached to an aromatic ring is 1. The van der Waals surface area contributed by atoms with Crippen molar-refractivity contribution in [2.75, 3.05) is 12.3 Å². The van der Waals surface area contributed by atoms with Crippen molar-refractivity contribution in [3.05, 3.63) is 64.4 Å². The molecule has 0 aliphatic heterocycles. The fraction of sp³-hybridized carbons (Fsp3) is 0.250. The third-order valence-electron chi connectivity index (χ3n) is 3.21. The number of hydrogen-bond donors (Lipinski definition) is 1. The van der Waals surface area contributed by atoms with E-state index < -0.39 is 0 Å². The summed E-state index contributed by atoms with van der Waals surface area (Å²) in [5, 5.41) is 0.557. The van der Waals surface area contributed by atoms with E-state index in [0.717, 1.165) is 24.3 Å². The quantitative estimate of drug-likeness (QED) is 0.841. The fourth-order valence-corrected chi connectivity index (χ4v) is 2.33. The summed E-state index contributed by atoms with van der Waals surface area (Å²) in [6.07, 6.45) is 0. The molecule has 2 nitrogen and oxygen atoms in total. The number of nitrogens with zero attached hydrogens (tertiary/aromatic N) is 1. The summed E-state index contributed by atoms with van der Waals surface area (Å²) in [5.74, 6) is -0.222. The average Bonchev–Trinajstić information content (AvgIpc) is 2.42. The van der Waals surface area contributed by atoms with Crippen LogP contribution in [0.2, 0.25) is 5.02 Å². The van der Waals surface area contributed by atoms with Crippen LogP contribution in [0, 0.1) is 5.82 Å². The molecule has 0 radical (unpaired) electrons. The maximum absolute atomic E-state index is 13.8. The smallest absolute Gasteiger partial charge is 0.127 e. The van der Waals surface area contributed by atoms with E-state index in [0.29, 0.717) is 17.1 Å². The van der Waals surface area contributed by atoms with Gasteiger partial charge in [-0.15, -0.1) is 0 Å². The van der Waals surface area contributed by atoms with Crippen LogP contribution in [0.4, 0.5) is 10.1 Å². The van der Waals surface area contributed by atoms with Crippen molar-refractivity contribution in [1.82, 2.24) is 4.90 Å². The van der Waals surface area contributed by atoms with Crippen molar-refractivity contribution in [1.29, 1.82) is 0 Å². The summed E-state index contributed by atoms with van der Waals surface area (Å²) < 4.78 is 13.8. The maximum Gasteiger partial charge on any atom is 0.127 e. The highest BCUT2D eigenvalue weighted by molar-refractivity contribution is 6.30. The Morgan fingerprint density at radius 2 is 1.95 bits per heavy atom. The summed E-state index contributed by atoms with van der Waals surface area (Å²) in [6.45, 7) is 4.13. The van der Waals surface area contributed by atoms with Crippen LogP contribution in [0.5, 0.6) is 0 Å². The van der Waals surface area contributed by atoms with E-state index in [1.54, 1.807) is 12.1 Å². The summed E-state index contributed by atoms with van der Waals surface area (Å²) in [7, 11) is 0. The Morgan fingerprint density at radius 3 is 2.65 bits per heavy atom. The summed E-state index contributed by atoms with van der Waals surface area (Å²) in [6, 6.07) is 12.4. The van der Waals surface area contributed by atoms with Crippen LogP contribution in [-0.4, -0.2) is 11.4 Å². The minimum Gasteiger partial charge on any atom is -0.399 e. The third-order valence-corrected chi connectivity index (χ3v) is 3.44. The highest BCUT2D eigenvalue weighted by Gasteiger charge is 2.09. The molecule has 0 unspecified atom stereocenters. The van der Waals surface area contributed by atoms with E-state index >= 15 is 0 Å². The molecule has 0 saturated carbocycles. The highest BCUT2D eigenvalue weighted by atomic mass is 35.5. The topological polar surface area (TPSA) is 29.3 Å². The molecule has 0 aliphatic carbocycles. The first-order valence-corrected chi connectivity index (χ1v) is 6.97. The summed E-state index contributed by atoms with van der Waals surface area (Å²) in [5.41, 5.74) is 8.25. The van der Waals surface area contributed by atoms with Gasteiger partial charge in [0.1, 0.15) is 5.82 Å². The first-order valence-electron chi connectivity index (χ1n) is 6.59. The summed E-state index contributed by atoms with van der Waals surface area (Å²) in [4.78, 5) is 2.14.